The summed E-state index contributed by atoms with van der Waals surface area (Å²) in [4.78, 5) is 34.0. The van der Waals surface area contributed by atoms with Crippen molar-refractivity contribution < 1.29 is 19.5 Å². The standard InChI is InChI=1S/C10H19N3O4/c1-7(2)4-11-8(14)6-13(3)10(17)12-5-9(15)16/h7H,4-6H2,1-3H3,(H,11,14)(H,12,17)(H,15,16). The summed E-state index contributed by atoms with van der Waals surface area (Å²) in [5, 5.41) is 13.2. The molecular weight excluding hydrogens is 226 g/mol. The Morgan fingerprint density at radius 2 is 1.82 bits per heavy atom. The first-order valence-corrected chi connectivity index (χ1v) is 5.30. The zero-order valence-corrected chi connectivity index (χ0v) is 10.3. The van der Waals surface area contributed by atoms with Crippen LogP contribution in [0.25, 0.3) is 0 Å². The van der Waals surface area contributed by atoms with Crippen LogP contribution in [0.1, 0.15) is 13.8 Å². The summed E-state index contributed by atoms with van der Waals surface area (Å²) in [5.41, 5.74) is 0. The molecule has 0 aromatic carbocycles. The van der Waals surface area contributed by atoms with Gasteiger partial charge in [0.05, 0.1) is 0 Å². The second-order valence-electron chi connectivity index (χ2n) is 4.11. The highest BCUT2D eigenvalue weighted by atomic mass is 16.4. The monoisotopic (exact) mass is 245 g/mol. The third kappa shape index (κ3) is 8.06. The van der Waals surface area contributed by atoms with Crippen LogP contribution < -0.4 is 10.6 Å². The zero-order valence-electron chi connectivity index (χ0n) is 10.3. The number of rotatable bonds is 6. The van der Waals surface area contributed by atoms with Crippen LogP contribution in [0.5, 0.6) is 0 Å². The molecule has 0 aliphatic carbocycles. The van der Waals surface area contributed by atoms with Crippen molar-refractivity contribution >= 4 is 17.9 Å². The fourth-order valence-corrected chi connectivity index (χ4v) is 0.947. The summed E-state index contributed by atoms with van der Waals surface area (Å²) >= 11 is 0. The van der Waals surface area contributed by atoms with Gasteiger partial charge in [-0.3, -0.25) is 9.59 Å². The highest BCUT2D eigenvalue weighted by molar-refractivity contribution is 5.85. The number of carbonyl (C=O) groups excluding carboxylic acids is 2. The normalized spacial score (nSPS) is 9.88. The molecule has 7 heteroatoms. The van der Waals surface area contributed by atoms with Gasteiger partial charge in [-0.2, -0.15) is 0 Å². The number of likely N-dealkylation sites (N-methyl/N-ethyl adjacent to an activating group) is 1. The van der Waals surface area contributed by atoms with E-state index in [0.29, 0.717) is 12.5 Å². The van der Waals surface area contributed by atoms with Gasteiger partial charge < -0.3 is 20.6 Å². The lowest BCUT2D eigenvalue weighted by molar-refractivity contribution is -0.135. The molecule has 0 rings (SSSR count). The van der Waals surface area contributed by atoms with Gasteiger partial charge in [-0.25, -0.2) is 4.79 Å². The number of carboxylic acid groups (broad SMARTS) is 1. The fraction of sp³-hybridized carbons (Fsp3) is 0.700. The lowest BCUT2D eigenvalue weighted by Crippen LogP contribution is -2.45. The van der Waals surface area contributed by atoms with E-state index in [2.05, 4.69) is 10.6 Å². The summed E-state index contributed by atoms with van der Waals surface area (Å²) in [5.74, 6) is -1.06. The van der Waals surface area contributed by atoms with Crippen LogP contribution in [0.4, 0.5) is 4.79 Å². The van der Waals surface area contributed by atoms with Gasteiger partial charge >= 0.3 is 12.0 Å². The van der Waals surface area contributed by atoms with Crippen molar-refractivity contribution in [1.29, 1.82) is 0 Å². The Bertz CT molecular complexity index is 291. The van der Waals surface area contributed by atoms with E-state index in [9.17, 15) is 14.4 Å². The summed E-state index contributed by atoms with van der Waals surface area (Å²) < 4.78 is 0. The first-order chi connectivity index (χ1) is 7.82. The van der Waals surface area contributed by atoms with Crippen LogP contribution in [-0.2, 0) is 9.59 Å². The predicted octanol–water partition coefficient (Wildman–Crippen LogP) is -0.515. The quantitative estimate of drug-likeness (QED) is 0.586. The molecule has 0 atom stereocenters. The third-order valence-electron chi connectivity index (χ3n) is 1.83. The Morgan fingerprint density at radius 3 is 2.29 bits per heavy atom. The number of hydrogen-bond acceptors (Lipinski definition) is 3. The van der Waals surface area contributed by atoms with Crippen molar-refractivity contribution in [2.24, 2.45) is 5.92 Å². The van der Waals surface area contributed by atoms with Crippen LogP contribution in [0.3, 0.4) is 0 Å². The third-order valence-corrected chi connectivity index (χ3v) is 1.83. The maximum atomic E-state index is 11.4. The fourth-order valence-electron chi connectivity index (χ4n) is 0.947. The van der Waals surface area contributed by atoms with E-state index in [1.165, 1.54) is 7.05 Å². The smallest absolute Gasteiger partial charge is 0.323 e. The number of urea groups is 1. The van der Waals surface area contributed by atoms with Crippen molar-refractivity contribution in [3.05, 3.63) is 0 Å². The van der Waals surface area contributed by atoms with Gasteiger partial charge in [0.1, 0.15) is 13.1 Å². The largest absolute Gasteiger partial charge is 0.480 e. The van der Waals surface area contributed by atoms with Gasteiger partial charge in [0.15, 0.2) is 0 Å². The molecule has 0 aliphatic heterocycles. The van der Waals surface area contributed by atoms with Gasteiger partial charge in [-0.15, -0.1) is 0 Å². The van der Waals surface area contributed by atoms with Gasteiger partial charge in [-0.1, -0.05) is 13.8 Å². The number of hydrogen-bond donors (Lipinski definition) is 3. The van der Waals surface area contributed by atoms with Crippen molar-refractivity contribution in [3.63, 3.8) is 0 Å². The molecular formula is C10H19N3O4. The van der Waals surface area contributed by atoms with Crippen LogP contribution in [-0.4, -0.2) is 54.6 Å². The van der Waals surface area contributed by atoms with E-state index in [-0.39, 0.29) is 12.5 Å². The molecule has 0 heterocycles. The van der Waals surface area contributed by atoms with Crippen molar-refractivity contribution in [2.45, 2.75) is 13.8 Å². The SMILES string of the molecule is CC(C)CNC(=O)CN(C)C(=O)NCC(=O)O. The van der Waals surface area contributed by atoms with Crippen LogP contribution >= 0.6 is 0 Å². The van der Waals surface area contributed by atoms with Crippen molar-refractivity contribution in [2.75, 3.05) is 26.7 Å². The van der Waals surface area contributed by atoms with Gasteiger partial charge in [0, 0.05) is 13.6 Å². The van der Waals surface area contributed by atoms with E-state index in [0.717, 1.165) is 4.90 Å². The van der Waals surface area contributed by atoms with Crippen molar-refractivity contribution in [1.82, 2.24) is 15.5 Å². The summed E-state index contributed by atoms with van der Waals surface area (Å²) in [6, 6.07) is -0.591. The Kier molecular flexibility index (Phi) is 6.69. The van der Waals surface area contributed by atoms with Gasteiger partial charge in [-0.05, 0) is 5.92 Å². The molecule has 3 N–H and O–H groups in total. The first-order valence-electron chi connectivity index (χ1n) is 5.30. The highest BCUT2D eigenvalue weighted by Crippen LogP contribution is 1.88. The molecule has 0 saturated heterocycles. The molecule has 0 saturated carbocycles. The molecule has 0 aliphatic rings. The van der Waals surface area contributed by atoms with E-state index in [4.69, 9.17) is 5.11 Å². The Labute approximate surface area is 100 Å². The van der Waals surface area contributed by atoms with E-state index >= 15 is 0 Å². The second-order valence-corrected chi connectivity index (χ2v) is 4.11. The number of nitrogens with one attached hydrogen (secondary N) is 2. The molecule has 0 unspecified atom stereocenters. The molecule has 7 nitrogen and oxygen atoms in total. The minimum absolute atomic E-state index is 0.0990. The van der Waals surface area contributed by atoms with Crippen LogP contribution in [0.2, 0.25) is 0 Å². The average Bonchev–Trinajstić information content (AvgIpc) is 2.22. The van der Waals surface area contributed by atoms with Crippen molar-refractivity contribution in [3.8, 4) is 0 Å². The summed E-state index contributed by atoms with van der Waals surface area (Å²) in [6.07, 6.45) is 0. The van der Waals surface area contributed by atoms with Gasteiger partial charge in [0.25, 0.3) is 0 Å². The Hall–Kier alpha value is -1.79. The Morgan fingerprint density at radius 1 is 1.24 bits per heavy atom. The van der Waals surface area contributed by atoms with Gasteiger partial charge in [0.2, 0.25) is 5.91 Å². The summed E-state index contributed by atoms with van der Waals surface area (Å²) in [7, 11) is 1.42. The van der Waals surface area contributed by atoms with E-state index in [1.807, 2.05) is 13.8 Å². The topological polar surface area (TPSA) is 98.7 Å². The average molecular weight is 245 g/mol. The molecule has 0 fully saturated rings. The van der Waals surface area contributed by atoms with Crippen LogP contribution in [0.15, 0.2) is 0 Å². The highest BCUT2D eigenvalue weighted by Gasteiger charge is 2.13. The minimum atomic E-state index is -1.13. The number of carboxylic acids is 1. The summed E-state index contributed by atoms with van der Waals surface area (Å²) in [6.45, 7) is 3.91. The van der Waals surface area contributed by atoms with Crippen LogP contribution in [0, 0.1) is 5.92 Å². The van der Waals surface area contributed by atoms with E-state index in [1.54, 1.807) is 0 Å². The molecule has 98 valence electrons. The Balaban J connectivity index is 3.90. The maximum Gasteiger partial charge on any atom is 0.323 e. The van der Waals surface area contributed by atoms with E-state index < -0.39 is 18.5 Å². The lowest BCUT2D eigenvalue weighted by atomic mass is 10.2. The molecule has 3 amide bonds. The molecule has 0 bridgehead atoms. The maximum absolute atomic E-state index is 11.4. The second kappa shape index (κ2) is 7.48. The zero-order chi connectivity index (χ0) is 13.4. The number of nitrogens with zero attached hydrogens (tertiary/aromatic N) is 1. The molecule has 17 heavy (non-hydrogen) atoms. The number of carbonyl (C=O) groups is 3. The lowest BCUT2D eigenvalue weighted by Gasteiger charge is -2.17. The molecule has 0 radical (unpaired) electrons. The number of amides is 3. The first kappa shape index (κ1) is 15.2. The molecule has 0 spiro atoms. The minimum Gasteiger partial charge on any atom is -0.480 e. The molecule has 0 aromatic rings. The predicted molar refractivity (Wildman–Crippen MR) is 61.5 cm³/mol. The molecule has 0 aromatic heterocycles. The number of aliphatic carboxylic acids is 1.